The molecule has 0 aromatic heterocycles. The molecule has 2 aliphatic rings. The van der Waals surface area contributed by atoms with Crippen LogP contribution in [-0.2, 0) is 0 Å². The minimum atomic E-state index is 0.413. The molecule has 0 aromatic carbocycles. The first-order valence-corrected chi connectivity index (χ1v) is 6.81. The summed E-state index contributed by atoms with van der Waals surface area (Å²) in [6.45, 7) is 7.05. The molecule has 2 N–H and O–H groups in total. The highest BCUT2D eigenvalue weighted by Gasteiger charge is 2.34. The predicted molar refractivity (Wildman–Crippen MR) is 68.5 cm³/mol. The zero-order chi connectivity index (χ0) is 11.7. The summed E-state index contributed by atoms with van der Waals surface area (Å²) in [4.78, 5) is 5.14. The van der Waals surface area contributed by atoms with E-state index in [1.54, 1.807) is 0 Å². The Labute approximate surface area is 100.0 Å². The molecule has 0 amide bonds. The first kappa shape index (κ1) is 12.3. The summed E-state index contributed by atoms with van der Waals surface area (Å²) in [5.74, 6) is 0. The SMILES string of the molecule is CC1CN(C2CCCCC2N)CC(C)N1C. The van der Waals surface area contributed by atoms with Gasteiger partial charge in [0.1, 0.15) is 0 Å². The van der Waals surface area contributed by atoms with Crippen molar-refractivity contribution in [2.45, 2.75) is 63.7 Å². The van der Waals surface area contributed by atoms with Gasteiger partial charge in [0.05, 0.1) is 0 Å². The maximum atomic E-state index is 6.28. The summed E-state index contributed by atoms with van der Waals surface area (Å²) in [5.41, 5.74) is 6.28. The molecule has 0 spiro atoms. The molecule has 94 valence electrons. The lowest BCUT2D eigenvalue weighted by Crippen LogP contribution is -2.61. The van der Waals surface area contributed by atoms with E-state index in [9.17, 15) is 0 Å². The van der Waals surface area contributed by atoms with Crippen molar-refractivity contribution in [3.8, 4) is 0 Å². The Morgan fingerprint density at radius 3 is 2.12 bits per heavy atom. The fourth-order valence-electron chi connectivity index (χ4n) is 3.31. The Bertz CT molecular complexity index is 219. The molecule has 4 unspecified atom stereocenters. The summed E-state index contributed by atoms with van der Waals surface area (Å²) in [5, 5.41) is 0. The fourth-order valence-corrected chi connectivity index (χ4v) is 3.31. The van der Waals surface area contributed by atoms with Crippen LogP contribution in [-0.4, -0.2) is 54.1 Å². The van der Waals surface area contributed by atoms with Gasteiger partial charge in [-0.05, 0) is 33.7 Å². The molecule has 16 heavy (non-hydrogen) atoms. The molecule has 1 aliphatic heterocycles. The molecule has 3 heteroatoms. The number of hydrogen-bond acceptors (Lipinski definition) is 3. The van der Waals surface area contributed by atoms with Crippen molar-refractivity contribution in [1.29, 1.82) is 0 Å². The molecule has 1 aliphatic carbocycles. The van der Waals surface area contributed by atoms with Crippen LogP contribution in [0.4, 0.5) is 0 Å². The van der Waals surface area contributed by atoms with E-state index in [0.717, 1.165) is 0 Å². The summed E-state index contributed by atoms with van der Waals surface area (Å²) in [6, 6.07) is 2.39. The van der Waals surface area contributed by atoms with Gasteiger partial charge in [-0.3, -0.25) is 9.80 Å². The van der Waals surface area contributed by atoms with Gasteiger partial charge in [-0.1, -0.05) is 12.8 Å². The number of likely N-dealkylation sites (N-methyl/N-ethyl adjacent to an activating group) is 1. The van der Waals surface area contributed by atoms with Crippen LogP contribution in [0.5, 0.6) is 0 Å². The zero-order valence-electron chi connectivity index (χ0n) is 11.0. The molecular weight excluding hydrogens is 198 g/mol. The third-order valence-electron chi connectivity index (χ3n) is 4.64. The monoisotopic (exact) mass is 225 g/mol. The quantitative estimate of drug-likeness (QED) is 0.730. The molecule has 1 saturated carbocycles. The lowest BCUT2D eigenvalue weighted by molar-refractivity contribution is 0.0172. The Morgan fingerprint density at radius 2 is 1.56 bits per heavy atom. The predicted octanol–water partition coefficient (Wildman–Crippen LogP) is 1.28. The molecule has 2 fully saturated rings. The van der Waals surface area contributed by atoms with E-state index in [1.165, 1.54) is 38.8 Å². The van der Waals surface area contributed by atoms with E-state index in [4.69, 9.17) is 5.73 Å². The molecule has 4 atom stereocenters. The second-order valence-corrected chi connectivity index (χ2v) is 5.83. The van der Waals surface area contributed by atoms with E-state index in [0.29, 0.717) is 24.2 Å². The molecule has 1 heterocycles. The first-order chi connectivity index (χ1) is 7.59. The number of nitrogens with zero attached hydrogens (tertiary/aromatic N) is 2. The van der Waals surface area contributed by atoms with Crippen LogP contribution < -0.4 is 5.73 Å². The summed E-state index contributed by atoms with van der Waals surface area (Å²) in [6.07, 6.45) is 5.23. The Hall–Kier alpha value is -0.120. The van der Waals surface area contributed by atoms with Gasteiger partial charge in [0.25, 0.3) is 0 Å². The van der Waals surface area contributed by atoms with Crippen molar-refractivity contribution in [3.05, 3.63) is 0 Å². The normalized spacial score (nSPS) is 43.5. The molecular formula is C13H27N3. The van der Waals surface area contributed by atoms with Gasteiger partial charge in [0, 0.05) is 37.3 Å². The summed E-state index contributed by atoms with van der Waals surface area (Å²) < 4.78 is 0. The van der Waals surface area contributed by atoms with Crippen molar-refractivity contribution in [1.82, 2.24) is 9.80 Å². The van der Waals surface area contributed by atoms with Gasteiger partial charge in [-0.15, -0.1) is 0 Å². The fraction of sp³-hybridized carbons (Fsp3) is 1.00. The minimum absolute atomic E-state index is 0.413. The molecule has 0 bridgehead atoms. The van der Waals surface area contributed by atoms with E-state index in [2.05, 4.69) is 30.7 Å². The standard InChI is InChI=1S/C13H27N3/c1-10-8-16(9-11(2)15(10)3)13-7-5-4-6-12(13)14/h10-13H,4-9,14H2,1-3H3. The smallest absolute Gasteiger partial charge is 0.0248 e. The third-order valence-corrected chi connectivity index (χ3v) is 4.64. The van der Waals surface area contributed by atoms with E-state index in [1.807, 2.05) is 0 Å². The molecule has 0 radical (unpaired) electrons. The average molecular weight is 225 g/mol. The second kappa shape index (κ2) is 5.03. The lowest BCUT2D eigenvalue weighted by atomic mass is 9.88. The zero-order valence-corrected chi connectivity index (χ0v) is 11.0. The van der Waals surface area contributed by atoms with Crippen LogP contribution in [0.25, 0.3) is 0 Å². The summed E-state index contributed by atoms with van der Waals surface area (Å²) >= 11 is 0. The van der Waals surface area contributed by atoms with Crippen molar-refractivity contribution >= 4 is 0 Å². The van der Waals surface area contributed by atoms with Crippen LogP contribution in [0.2, 0.25) is 0 Å². The third kappa shape index (κ3) is 2.41. The van der Waals surface area contributed by atoms with Gasteiger partial charge < -0.3 is 5.73 Å². The number of hydrogen-bond donors (Lipinski definition) is 1. The largest absolute Gasteiger partial charge is 0.326 e. The highest BCUT2D eigenvalue weighted by atomic mass is 15.3. The maximum Gasteiger partial charge on any atom is 0.0248 e. The molecule has 3 nitrogen and oxygen atoms in total. The molecule has 2 rings (SSSR count). The van der Waals surface area contributed by atoms with Gasteiger partial charge >= 0.3 is 0 Å². The van der Waals surface area contributed by atoms with Gasteiger partial charge in [-0.25, -0.2) is 0 Å². The molecule has 1 saturated heterocycles. The number of nitrogens with two attached hydrogens (primary N) is 1. The van der Waals surface area contributed by atoms with Crippen LogP contribution in [0.1, 0.15) is 39.5 Å². The van der Waals surface area contributed by atoms with E-state index >= 15 is 0 Å². The Balaban J connectivity index is 1.98. The van der Waals surface area contributed by atoms with Crippen LogP contribution in [0, 0.1) is 0 Å². The van der Waals surface area contributed by atoms with Crippen molar-refractivity contribution in [3.63, 3.8) is 0 Å². The van der Waals surface area contributed by atoms with Gasteiger partial charge in [0.15, 0.2) is 0 Å². The highest BCUT2D eigenvalue weighted by molar-refractivity contribution is 4.92. The van der Waals surface area contributed by atoms with Crippen molar-refractivity contribution in [2.24, 2.45) is 5.73 Å². The topological polar surface area (TPSA) is 32.5 Å². The minimum Gasteiger partial charge on any atom is -0.326 e. The first-order valence-electron chi connectivity index (χ1n) is 6.81. The molecule has 0 aromatic rings. The van der Waals surface area contributed by atoms with E-state index in [-0.39, 0.29) is 0 Å². The van der Waals surface area contributed by atoms with Crippen LogP contribution in [0.15, 0.2) is 0 Å². The highest BCUT2D eigenvalue weighted by Crippen LogP contribution is 2.25. The average Bonchev–Trinajstić information content (AvgIpc) is 2.26. The number of rotatable bonds is 1. The maximum absolute atomic E-state index is 6.28. The van der Waals surface area contributed by atoms with Crippen LogP contribution in [0.3, 0.4) is 0 Å². The van der Waals surface area contributed by atoms with Crippen molar-refractivity contribution < 1.29 is 0 Å². The Morgan fingerprint density at radius 1 is 1.00 bits per heavy atom. The van der Waals surface area contributed by atoms with Crippen LogP contribution >= 0.6 is 0 Å². The second-order valence-electron chi connectivity index (χ2n) is 5.83. The van der Waals surface area contributed by atoms with Gasteiger partial charge in [-0.2, -0.15) is 0 Å². The lowest BCUT2D eigenvalue weighted by Gasteiger charge is -2.48. The van der Waals surface area contributed by atoms with Gasteiger partial charge in [0.2, 0.25) is 0 Å². The van der Waals surface area contributed by atoms with E-state index < -0.39 is 0 Å². The summed E-state index contributed by atoms with van der Waals surface area (Å²) in [7, 11) is 2.24. The Kier molecular flexibility index (Phi) is 3.88. The van der Waals surface area contributed by atoms with Crippen molar-refractivity contribution in [2.75, 3.05) is 20.1 Å². The number of piperazine rings is 1.